The highest BCUT2D eigenvalue weighted by molar-refractivity contribution is 5.59. The van der Waals surface area contributed by atoms with E-state index in [1.807, 2.05) is 13.0 Å². The maximum atomic E-state index is 13.4. The molecule has 0 spiro atoms. The lowest BCUT2D eigenvalue weighted by molar-refractivity contribution is 0.515. The summed E-state index contributed by atoms with van der Waals surface area (Å²) in [5.41, 5.74) is 1.75. The molecule has 2 nitrogen and oxygen atoms in total. The lowest BCUT2D eigenvalue weighted by Crippen LogP contribution is -1.94. The molecule has 2 rings (SSSR count). The second-order valence-electron chi connectivity index (χ2n) is 3.38. The number of halogens is 2. The second-order valence-corrected chi connectivity index (χ2v) is 3.38. The van der Waals surface area contributed by atoms with E-state index >= 15 is 0 Å². The van der Waals surface area contributed by atoms with Crippen molar-refractivity contribution in [2.75, 3.05) is 0 Å². The Bertz CT molecular complexity index is 512. The van der Waals surface area contributed by atoms with Crippen molar-refractivity contribution >= 4 is 0 Å². The van der Waals surface area contributed by atoms with E-state index in [1.165, 1.54) is 6.07 Å². The van der Waals surface area contributed by atoms with Crippen molar-refractivity contribution in [3.8, 4) is 11.3 Å². The summed E-state index contributed by atoms with van der Waals surface area (Å²) in [6, 6.07) is 6.11. The van der Waals surface area contributed by atoms with E-state index in [9.17, 15) is 8.78 Å². The van der Waals surface area contributed by atoms with Crippen LogP contribution < -0.4 is 0 Å². The molecule has 0 atom stereocenters. The topological polar surface area (TPSA) is 25.8 Å². The first kappa shape index (κ1) is 10.7. The Morgan fingerprint density at radius 3 is 2.69 bits per heavy atom. The summed E-state index contributed by atoms with van der Waals surface area (Å²) in [6.07, 6.45) is 2.45. The van der Waals surface area contributed by atoms with Gasteiger partial charge in [-0.05, 0) is 36.2 Å². The third-order valence-corrected chi connectivity index (χ3v) is 2.32. The molecule has 82 valence electrons. The van der Waals surface area contributed by atoms with Crippen LogP contribution in [0.5, 0.6) is 0 Å². The molecule has 0 saturated carbocycles. The van der Waals surface area contributed by atoms with Crippen LogP contribution in [-0.2, 0) is 6.42 Å². The van der Waals surface area contributed by atoms with Crippen molar-refractivity contribution in [1.29, 1.82) is 0 Å². The van der Waals surface area contributed by atoms with Crippen molar-refractivity contribution in [3.63, 3.8) is 0 Å². The molecule has 0 aliphatic carbocycles. The van der Waals surface area contributed by atoms with Crippen LogP contribution in [0.3, 0.4) is 0 Å². The Balaban J connectivity index is 2.49. The van der Waals surface area contributed by atoms with Gasteiger partial charge in [0.25, 0.3) is 0 Å². The van der Waals surface area contributed by atoms with Crippen LogP contribution in [0.4, 0.5) is 8.78 Å². The van der Waals surface area contributed by atoms with Gasteiger partial charge in [-0.1, -0.05) is 6.92 Å². The Kier molecular flexibility index (Phi) is 2.90. The van der Waals surface area contributed by atoms with E-state index in [0.29, 0.717) is 5.69 Å². The molecule has 0 aliphatic heterocycles. The van der Waals surface area contributed by atoms with Gasteiger partial charge in [-0.2, -0.15) is 13.8 Å². The fraction of sp³-hybridized carbons (Fsp3) is 0.167. The maximum Gasteiger partial charge on any atom is 0.224 e. The van der Waals surface area contributed by atoms with Gasteiger partial charge in [0.2, 0.25) is 11.9 Å². The number of hydrogen-bond acceptors (Lipinski definition) is 2. The predicted octanol–water partition coefficient (Wildman–Crippen LogP) is 2.98. The summed E-state index contributed by atoms with van der Waals surface area (Å²) in [5, 5.41) is 0. The van der Waals surface area contributed by atoms with Crippen LogP contribution in [0.1, 0.15) is 12.5 Å². The fourth-order valence-electron chi connectivity index (χ4n) is 1.44. The summed E-state index contributed by atoms with van der Waals surface area (Å²) in [7, 11) is 0. The number of aromatic nitrogens is 2. The summed E-state index contributed by atoms with van der Waals surface area (Å²) >= 11 is 0. The molecule has 0 fully saturated rings. The Hall–Kier alpha value is -1.84. The SMILES string of the molecule is CCc1ccnc(-c2ccc(F)nc2F)c1. The van der Waals surface area contributed by atoms with Gasteiger partial charge in [0.1, 0.15) is 0 Å². The predicted molar refractivity (Wildman–Crippen MR) is 56.8 cm³/mol. The fourth-order valence-corrected chi connectivity index (χ4v) is 1.44. The molecule has 0 bridgehead atoms. The quantitative estimate of drug-likeness (QED) is 0.727. The van der Waals surface area contributed by atoms with Gasteiger partial charge in [0, 0.05) is 6.20 Å². The summed E-state index contributed by atoms with van der Waals surface area (Å²) in [4.78, 5) is 7.18. The molecule has 0 N–H and O–H groups in total. The molecule has 0 unspecified atom stereocenters. The zero-order valence-electron chi connectivity index (χ0n) is 8.74. The molecule has 2 heterocycles. The molecule has 0 aromatic carbocycles. The van der Waals surface area contributed by atoms with Crippen molar-refractivity contribution in [2.45, 2.75) is 13.3 Å². The lowest BCUT2D eigenvalue weighted by Gasteiger charge is -2.03. The van der Waals surface area contributed by atoms with E-state index < -0.39 is 11.9 Å². The average Bonchev–Trinajstić information content (AvgIpc) is 2.29. The number of aryl methyl sites for hydroxylation is 1. The van der Waals surface area contributed by atoms with E-state index in [4.69, 9.17) is 0 Å². The van der Waals surface area contributed by atoms with Gasteiger partial charge in [0.05, 0.1) is 11.3 Å². The molecule has 4 heteroatoms. The molecular formula is C12H10F2N2. The first-order valence-corrected chi connectivity index (χ1v) is 4.98. The standard InChI is InChI=1S/C12H10F2N2/c1-2-8-5-6-15-10(7-8)9-3-4-11(13)16-12(9)14/h3-7H,2H2,1H3. The van der Waals surface area contributed by atoms with Crippen molar-refractivity contribution in [1.82, 2.24) is 9.97 Å². The van der Waals surface area contributed by atoms with E-state index in [2.05, 4.69) is 9.97 Å². The van der Waals surface area contributed by atoms with Gasteiger partial charge in [-0.3, -0.25) is 4.98 Å². The maximum absolute atomic E-state index is 13.4. The molecule has 16 heavy (non-hydrogen) atoms. The zero-order chi connectivity index (χ0) is 11.5. The van der Waals surface area contributed by atoms with Crippen LogP contribution in [0.15, 0.2) is 30.5 Å². The number of rotatable bonds is 2. The van der Waals surface area contributed by atoms with Crippen LogP contribution in [0.25, 0.3) is 11.3 Å². The van der Waals surface area contributed by atoms with E-state index in [-0.39, 0.29) is 5.56 Å². The summed E-state index contributed by atoms with van der Waals surface area (Å²) < 4.78 is 26.0. The average molecular weight is 220 g/mol. The monoisotopic (exact) mass is 220 g/mol. The molecule has 2 aromatic heterocycles. The third-order valence-electron chi connectivity index (χ3n) is 2.32. The Morgan fingerprint density at radius 1 is 1.19 bits per heavy atom. The number of nitrogens with zero attached hydrogens (tertiary/aromatic N) is 2. The van der Waals surface area contributed by atoms with Gasteiger partial charge in [-0.15, -0.1) is 0 Å². The van der Waals surface area contributed by atoms with Crippen LogP contribution in [0.2, 0.25) is 0 Å². The van der Waals surface area contributed by atoms with Gasteiger partial charge < -0.3 is 0 Å². The highest BCUT2D eigenvalue weighted by Crippen LogP contribution is 2.20. The van der Waals surface area contributed by atoms with Gasteiger partial charge in [-0.25, -0.2) is 0 Å². The van der Waals surface area contributed by atoms with Crippen LogP contribution in [-0.4, -0.2) is 9.97 Å². The molecule has 0 aliphatic rings. The van der Waals surface area contributed by atoms with Crippen molar-refractivity contribution < 1.29 is 8.78 Å². The lowest BCUT2D eigenvalue weighted by atomic mass is 10.1. The van der Waals surface area contributed by atoms with Crippen molar-refractivity contribution in [2.24, 2.45) is 0 Å². The largest absolute Gasteiger partial charge is 0.256 e. The molecule has 2 aromatic rings. The van der Waals surface area contributed by atoms with Gasteiger partial charge in [0.15, 0.2) is 0 Å². The first-order valence-electron chi connectivity index (χ1n) is 4.98. The molecule has 0 saturated heterocycles. The van der Waals surface area contributed by atoms with E-state index in [1.54, 1.807) is 12.3 Å². The minimum Gasteiger partial charge on any atom is -0.256 e. The second kappa shape index (κ2) is 4.35. The van der Waals surface area contributed by atoms with Crippen LogP contribution in [0, 0.1) is 11.9 Å². The molecule has 0 radical (unpaired) electrons. The molecule has 0 amide bonds. The normalized spacial score (nSPS) is 10.4. The van der Waals surface area contributed by atoms with Crippen LogP contribution >= 0.6 is 0 Å². The molecular weight excluding hydrogens is 210 g/mol. The third kappa shape index (κ3) is 2.05. The highest BCUT2D eigenvalue weighted by Gasteiger charge is 2.09. The van der Waals surface area contributed by atoms with Crippen molar-refractivity contribution in [3.05, 3.63) is 47.9 Å². The number of pyridine rings is 2. The Labute approximate surface area is 92.0 Å². The minimum absolute atomic E-state index is 0.219. The van der Waals surface area contributed by atoms with Gasteiger partial charge >= 0.3 is 0 Å². The first-order chi connectivity index (χ1) is 7.70. The summed E-state index contributed by atoms with van der Waals surface area (Å²) in [5.74, 6) is -1.66. The smallest absolute Gasteiger partial charge is 0.224 e. The summed E-state index contributed by atoms with van der Waals surface area (Å²) in [6.45, 7) is 2.00. The zero-order valence-corrected chi connectivity index (χ0v) is 8.74. The number of hydrogen-bond donors (Lipinski definition) is 0. The highest BCUT2D eigenvalue weighted by atomic mass is 19.1. The van der Waals surface area contributed by atoms with E-state index in [0.717, 1.165) is 18.1 Å². The minimum atomic E-state index is -0.833. The Morgan fingerprint density at radius 2 is 2.00 bits per heavy atom.